The lowest BCUT2D eigenvalue weighted by atomic mass is 10.2. The smallest absolute Gasteiger partial charge is 0.0992 e. The molecule has 0 bridgehead atoms. The fraction of sp³-hybridized carbons (Fsp3) is 0.154. The van der Waals surface area contributed by atoms with Crippen LogP contribution in [0.5, 0.6) is 0 Å². The highest BCUT2D eigenvalue weighted by Crippen LogP contribution is 2.24. The van der Waals surface area contributed by atoms with E-state index in [1.807, 2.05) is 37.4 Å². The first-order chi connectivity index (χ1) is 8.19. The molecule has 0 saturated carbocycles. The number of nitriles is 1. The molecule has 4 heteroatoms. The third kappa shape index (κ3) is 3.00. The minimum absolute atomic E-state index is 0.679. The van der Waals surface area contributed by atoms with Crippen LogP contribution in [0, 0.1) is 11.3 Å². The van der Waals surface area contributed by atoms with E-state index in [1.54, 1.807) is 17.4 Å². The summed E-state index contributed by atoms with van der Waals surface area (Å²) in [5.74, 6) is 0. The van der Waals surface area contributed by atoms with Crippen molar-refractivity contribution in [2.45, 2.75) is 6.54 Å². The average Bonchev–Trinajstić information content (AvgIpc) is 2.75. The van der Waals surface area contributed by atoms with Crippen molar-refractivity contribution in [1.82, 2.24) is 0 Å². The van der Waals surface area contributed by atoms with Gasteiger partial charge in [0.25, 0.3) is 0 Å². The molecule has 2 aromatic rings. The third-order valence-corrected chi connectivity index (χ3v) is 3.65. The van der Waals surface area contributed by atoms with E-state index >= 15 is 0 Å². The fourth-order valence-corrected chi connectivity index (χ4v) is 2.72. The summed E-state index contributed by atoms with van der Waals surface area (Å²) in [6.45, 7) is 0.798. The standard InChI is InChI=1S/C13H11ClN2S/c1-16(9-12-5-6-13(14)17-12)11-4-2-3-10(7-11)8-15/h2-7H,9H2,1H3. The Morgan fingerprint density at radius 3 is 2.82 bits per heavy atom. The Morgan fingerprint density at radius 2 is 2.18 bits per heavy atom. The molecule has 0 N–H and O–H groups in total. The van der Waals surface area contributed by atoms with Crippen molar-refractivity contribution in [3.05, 3.63) is 51.2 Å². The summed E-state index contributed by atoms with van der Waals surface area (Å²) in [6.07, 6.45) is 0. The normalized spacial score (nSPS) is 9.94. The zero-order chi connectivity index (χ0) is 12.3. The zero-order valence-corrected chi connectivity index (χ0v) is 10.9. The average molecular weight is 263 g/mol. The van der Waals surface area contributed by atoms with E-state index < -0.39 is 0 Å². The SMILES string of the molecule is CN(Cc1ccc(Cl)s1)c1cccc(C#N)c1. The highest BCUT2D eigenvalue weighted by Gasteiger charge is 2.05. The van der Waals surface area contributed by atoms with Gasteiger partial charge < -0.3 is 4.90 Å². The van der Waals surface area contributed by atoms with Crippen LogP contribution in [-0.2, 0) is 6.54 Å². The first-order valence-electron chi connectivity index (χ1n) is 5.14. The van der Waals surface area contributed by atoms with Gasteiger partial charge in [0.2, 0.25) is 0 Å². The van der Waals surface area contributed by atoms with Crippen molar-refractivity contribution in [2.75, 3.05) is 11.9 Å². The number of hydrogen-bond donors (Lipinski definition) is 0. The summed E-state index contributed by atoms with van der Waals surface area (Å²) in [5, 5.41) is 8.85. The molecular formula is C13H11ClN2S. The van der Waals surface area contributed by atoms with Crippen molar-refractivity contribution in [3.63, 3.8) is 0 Å². The van der Waals surface area contributed by atoms with Gasteiger partial charge in [-0.2, -0.15) is 5.26 Å². The molecule has 0 aliphatic heterocycles. The van der Waals surface area contributed by atoms with Crippen molar-refractivity contribution in [1.29, 1.82) is 5.26 Å². The van der Waals surface area contributed by atoms with Gasteiger partial charge in [0, 0.05) is 17.6 Å². The van der Waals surface area contributed by atoms with E-state index in [1.165, 1.54) is 4.88 Å². The minimum Gasteiger partial charge on any atom is -0.369 e. The maximum Gasteiger partial charge on any atom is 0.0992 e. The molecular weight excluding hydrogens is 252 g/mol. The minimum atomic E-state index is 0.679. The van der Waals surface area contributed by atoms with Gasteiger partial charge in [-0.3, -0.25) is 0 Å². The number of hydrogen-bond acceptors (Lipinski definition) is 3. The van der Waals surface area contributed by atoms with E-state index in [9.17, 15) is 0 Å². The molecule has 0 spiro atoms. The second kappa shape index (κ2) is 5.22. The molecule has 0 amide bonds. The number of anilines is 1. The summed E-state index contributed by atoms with van der Waals surface area (Å²) in [7, 11) is 2.00. The van der Waals surface area contributed by atoms with E-state index in [-0.39, 0.29) is 0 Å². The predicted octanol–water partition coefficient (Wildman–Crippen LogP) is 3.91. The van der Waals surface area contributed by atoms with E-state index in [0.717, 1.165) is 16.6 Å². The molecule has 0 aliphatic carbocycles. The van der Waals surface area contributed by atoms with E-state index in [0.29, 0.717) is 5.56 Å². The second-order valence-electron chi connectivity index (χ2n) is 3.72. The molecule has 86 valence electrons. The summed E-state index contributed by atoms with van der Waals surface area (Å²) in [5.41, 5.74) is 1.71. The maximum atomic E-state index is 8.85. The Balaban J connectivity index is 2.14. The largest absolute Gasteiger partial charge is 0.369 e. The Labute approximate surface area is 110 Å². The van der Waals surface area contributed by atoms with Crippen LogP contribution >= 0.6 is 22.9 Å². The molecule has 0 aliphatic rings. The lowest BCUT2D eigenvalue weighted by Crippen LogP contribution is -2.15. The Bertz CT molecular complexity index is 557. The van der Waals surface area contributed by atoms with Gasteiger partial charge >= 0.3 is 0 Å². The highest BCUT2D eigenvalue weighted by molar-refractivity contribution is 7.16. The number of benzene rings is 1. The van der Waals surface area contributed by atoms with Crippen molar-refractivity contribution in [3.8, 4) is 6.07 Å². The van der Waals surface area contributed by atoms with Crippen LogP contribution in [0.1, 0.15) is 10.4 Å². The Kier molecular flexibility index (Phi) is 3.68. The first-order valence-corrected chi connectivity index (χ1v) is 6.34. The molecule has 0 fully saturated rings. The van der Waals surface area contributed by atoms with E-state index in [2.05, 4.69) is 11.0 Å². The van der Waals surface area contributed by atoms with Crippen molar-refractivity contribution >= 4 is 28.6 Å². The van der Waals surface area contributed by atoms with Crippen LogP contribution in [0.3, 0.4) is 0 Å². The summed E-state index contributed by atoms with van der Waals surface area (Å²) in [6, 6.07) is 13.7. The van der Waals surface area contributed by atoms with Crippen molar-refractivity contribution < 1.29 is 0 Å². The molecule has 17 heavy (non-hydrogen) atoms. The lowest BCUT2D eigenvalue weighted by molar-refractivity contribution is 0.940. The number of thiophene rings is 1. The van der Waals surface area contributed by atoms with Gasteiger partial charge in [-0.15, -0.1) is 11.3 Å². The van der Waals surface area contributed by atoms with Crippen LogP contribution in [0.15, 0.2) is 36.4 Å². The van der Waals surface area contributed by atoms with Gasteiger partial charge in [-0.05, 0) is 30.3 Å². The van der Waals surface area contributed by atoms with Gasteiger partial charge in [-0.25, -0.2) is 0 Å². The fourth-order valence-electron chi connectivity index (χ4n) is 1.57. The van der Waals surface area contributed by atoms with Crippen LogP contribution in [0.25, 0.3) is 0 Å². The highest BCUT2D eigenvalue weighted by atomic mass is 35.5. The maximum absolute atomic E-state index is 8.85. The molecule has 1 heterocycles. The summed E-state index contributed by atoms with van der Waals surface area (Å²) >= 11 is 7.47. The summed E-state index contributed by atoms with van der Waals surface area (Å²) < 4.78 is 0.805. The molecule has 2 nitrogen and oxygen atoms in total. The summed E-state index contributed by atoms with van der Waals surface area (Å²) in [4.78, 5) is 3.31. The Morgan fingerprint density at radius 1 is 1.35 bits per heavy atom. The molecule has 0 radical (unpaired) electrons. The topological polar surface area (TPSA) is 27.0 Å². The molecule has 0 unspecified atom stereocenters. The lowest BCUT2D eigenvalue weighted by Gasteiger charge is -2.18. The second-order valence-corrected chi connectivity index (χ2v) is 5.52. The van der Waals surface area contributed by atoms with Crippen LogP contribution in [0.2, 0.25) is 4.34 Å². The molecule has 2 rings (SSSR count). The quantitative estimate of drug-likeness (QED) is 0.839. The monoisotopic (exact) mass is 262 g/mol. The predicted molar refractivity (Wildman–Crippen MR) is 72.6 cm³/mol. The van der Waals surface area contributed by atoms with Gasteiger partial charge in [-0.1, -0.05) is 17.7 Å². The number of nitrogens with zero attached hydrogens (tertiary/aromatic N) is 2. The third-order valence-electron chi connectivity index (χ3n) is 2.44. The molecule has 0 saturated heterocycles. The zero-order valence-electron chi connectivity index (χ0n) is 9.35. The first kappa shape index (κ1) is 12.0. The molecule has 1 aromatic carbocycles. The van der Waals surface area contributed by atoms with Crippen LogP contribution in [-0.4, -0.2) is 7.05 Å². The van der Waals surface area contributed by atoms with Gasteiger partial charge in [0.15, 0.2) is 0 Å². The number of rotatable bonds is 3. The molecule has 0 atom stereocenters. The number of halogens is 1. The van der Waals surface area contributed by atoms with Gasteiger partial charge in [0.1, 0.15) is 0 Å². The molecule has 1 aromatic heterocycles. The van der Waals surface area contributed by atoms with Crippen molar-refractivity contribution in [2.24, 2.45) is 0 Å². The van der Waals surface area contributed by atoms with Crippen LogP contribution in [0.4, 0.5) is 5.69 Å². The Hall–Kier alpha value is -1.50. The van der Waals surface area contributed by atoms with Gasteiger partial charge in [0.05, 0.1) is 22.5 Å². The van der Waals surface area contributed by atoms with E-state index in [4.69, 9.17) is 16.9 Å². The van der Waals surface area contributed by atoms with Crippen LogP contribution < -0.4 is 4.90 Å².